The zero-order chi connectivity index (χ0) is 8.27. The second-order valence-electron chi connectivity index (χ2n) is 3.04. The van der Waals surface area contributed by atoms with E-state index in [9.17, 15) is 0 Å². The van der Waals surface area contributed by atoms with Crippen LogP contribution in [0.5, 0.6) is 0 Å². The molecule has 1 aliphatic heterocycles. The minimum Gasteiger partial charge on any atom is -0.314 e. The van der Waals surface area contributed by atoms with E-state index in [1.165, 1.54) is 0 Å². The fraction of sp³-hybridized carbons (Fsp3) is 0.750. The third-order valence-electron chi connectivity index (χ3n) is 2.01. The van der Waals surface area contributed by atoms with Gasteiger partial charge in [0.15, 0.2) is 0 Å². The number of piperazine rings is 1. The molecule has 0 saturated carbocycles. The summed E-state index contributed by atoms with van der Waals surface area (Å²) in [4.78, 5) is 2.42. The van der Waals surface area contributed by atoms with Gasteiger partial charge in [-0.3, -0.25) is 4.90 Å². The van der Waals surface area contributed by atoms with Crippen molar-refractivity contribution in [3.8, 4) is 0 Å². The Labute approximate surface area is 76.8 Å². The Bertz CT molecular complexity index is 147. The van der Waals surface area contributed by atoms with Crippen LogP contribution in [0.25, 0.3) is 0 Å². The summed E-state index contributed by atoms with van der Waals surface area (Å²) >= 11 is 3.38. The highest BCUT2D eigenvalue weighted by Gasteiger charge is 2.16. The number of nitrogens with zero attached hydrogens (tertiary/aromatic N) is 1. The van der Waals surface area contributed by atoms with Crippen molar-refractivity contribution in [1.29, 1.82) is 0 Å². The molecule has 0 unspecified atom stereocenters. The van der Waals surface area contributed by atoms with Crippen LogP contribution < -0.4 is 5.32 Å². The van der Waals surface area contributed by atoms with Crippen LogP contribution in [0.15, 0.2) is 11.1 Å². The van der Waals surface area contributed by atoms with E-state index in [0.29, 0.717) is 6.04 Å². The van der Waals surface area contributed by atoms with Crippen LogP contribution >= 0.6 is 15.9 Å². The number of halogens is 1. The SMILES string of the molecule is C=C(Br)CN1CCNC[C@H]1C. The predicted molar refractivity (Wildman–Crippen MR) is 52.0 cm³/mol. The highest BCUT2D eigenvalue weighted by Crippen LogP contribution is 2.08. The maximum absolute atomic E-state index is 3.84. The molecule has 0 aliphatic carbocycles. The first-order chi connectivity index (χ1) is 5.20. The first kappa shape index (κ1) is 9.23. The molecule has 0 aromatic carbocycles. The van der Waals surface area contributed by atoms with Gasteiger partial charge in [0.1, 0.15) is 0 Å². The van der Waals surface area contributed by atoms with Gasteiger partial charge < -0.3 is 5.32 Å². The minimum atomic E-state index is 0.637. The molecule has 11 heavy (non-hydrogen) atoms. The van der Waals surface area contributed by atoms with Gasteiger partial charge in [-0.05, 0) is 6.92 Å². The van der Waals surface area contributed by atoms with E-state index in [-0.39, 0.29) is 0 Å². The van der Waals surface area contributed by atoms with E-state index in [4.69, 9.17) is 0 Å². The Morgan fingerprint density at radius 3 is 3.09 bits per heavy atom. The zero-order valence-corrected chi connectivity index (χ0v) is 8.52. The summed E-state index contributed by atoms with van der Waals surface area (Å²) in [6.45, 7) is 10.4. The summed E-state index contributed by atoms with van der Waals surface area (Å²) < 4.78 is 1.08. The van der Waals surface area contributed by atoms with Crippen LogP contribution in [0.1, 0.15) is 6.92 Å². The van der Waals surface area contributed by atoms with Crippen molar-refractivity contribution < 1.29 is 0 Å². The van der Waals surface area contributed by atoms with Gasteiger partial charge in [-0.2, -0.15) is 0 Å². The van der Waals surface area contributed by atoms with Crippen LogP contribution in [0.2, 0.25) is 0 Å². The van der Waals surface area contributed by atoms with Crippen molar-refractivity contribution in [2.75, 3.05) is 26.2 Å². The van der Waals surface area contributed by atoms with Gasteiger partial charge in [0.2, 0.25) is 0 Å². The van der Waals surface area contributed by atoms with Crippen molar-refractivity contribution >= 4 is 15.9 Å². The number of nitrogens with one attached hydrogen (secondary N) is 1. The Morgan fingerprint density at radius 1 is 1.82 bits per heavy atom. The Balaban J connectivity index is 2.35. The Morgan fingerprint density at radius 2 is 2.55 bits per heavy atom. The van der Waals surface area contributed by atoms with E-state index in [1.807, 2.05) is 0 Å². The van der Waals surface area contributed by atoms with Gasteiger partial charge in [-0.1, -0.05) is 22.5 Å². The van der Waals surface area contributed by atoms with E-state index < -0.39 is 0 Å². The zero-order valence-electron chi connectivity index (χ0n) is 6.94. The number of hydrogen-bond donors (Lipinski definition) is 1. The van der Waals surface area contributed by atoms with Gasteiger partial charge >= 0.3 is 0 Å². The van der Waals surface area contributed by atoms with E-state index in [2.05, 4.69) is 39.6 Å². The number of rotatable bonds is 2. The van der Waals surface area contributed by atoms with Crippen LogP contribution in [0.4, 0.5) is 0 Å². The maximum Gasteiger partial charge on any atom is 0.0297 e. The standard InChI is InChI=1S/C8H15BrN2/c1-7(9)6-11-4-3-10-5-8(11)2/h8,10H,1,3-6H2,2H3/t8-/m1/s1. The van der Waals surface area contributed by atoms with Crippen LogP contribution in [-0.2, 0) is 0 Å². The fourth-order valence-electron chi connectivity index (χ4n) is 1.34. The first-order valence-electron chi connectivity index (χ1n) is 3.98. The smallest absolute Gasteiger partial charge is 0.0297 e. The average molecular weight is 219 g/mol. The lowest BCUT2D eigenvalue weighted by atomic mass is 10.2. The molecular weight excluding hydrogens is 204 g/mol. The van der Waals surface area contributed by atoms with E-state index in [0.717, 1.165) is 30.7 Å². The van der Waals surface area contributed by atoms with Gasteiger partial charge in [0.05, 0.1) is 0 Å². The molecule has 0 bridgehead atoms. The molecule has 1 fully saturated rings. The lowest BCUT2D eigenvalue weighted by Gasteiger charge is -2.33. The van der Waals surface area contributed by atoms with Crippen molar-refractivity contribution in [3.05, 3.63) is 11.1 Å². The molecule has 0 amide bonds. The molecule has 1 atom stereocenters. The quantitative estimate of drug-likeness (QED) is 0.750. The summed E-state index contributed by atoms with van der Waals surface area (Å²) in [5.41, 5.74) is 0. The molecule has 0 radical (unpaired) electrons. The molecule has 64 valence electrons. The topological polar surface area (TPSA) is 15.3 Å². The maximum atomic E-state index is 3.84. The van der Waals surface area contributed by atoms with Crippen LogP contribution in [0.3, 0.4) is 0 Å². The molecule has 1 N–H and O–H groups in total. The summed E-state index contributed by atoms with van der Waals surface area (Å²) in [6.07, 6.45) is 0. The third kappa shape index (κ3) is 2.93. The minimum absolute atomic E-state index is 0.637. The van der Waals surface area contributed by atoms with E-state index in [1.54, 1.807) is 0 Å². The van der Waals surface area contributed by atoms with Crippen molar-refractivity contribution in [3.63, 3.8) is 0 Å². The molecule has 0 spiro atoms. The highest BCUT2D eigenvalue weighted by molar-refractivity contribution is 9.11. The van der Waals surface area contributed by atoms with E-state index >= 15 is 0 Å². The highest BCUT2D eigenvalue weighted by atomic mass is 79.9. The normalized spacial score (nSPS) is 26.9. The molecule has 3 heteroatoms. The average Bonchev–Trinajstić information content (AvgIpc) is 1.93. The fourth-order valence-corrected chi connectivity index (χ4v) is 1.66. The monoisotopic (exact) mass is 218 g/mol. The molecule has 1 saturated heterocycles. The molecular formula is C8H15BrN2. The predicted octanol–water partition coefficient (Wildman–Crippen LogP) is 1.19. The number of hydrogen-bond acceptors (Lipinski definition) is 2. The molecule has 2 nitrogen and oxygen atoms in total. The van der Waals surface area contributed by atoms with Crippen molar-refractivity contribution in [1.82, 2.24) is 10.2 Å². The van der Waals surface area contributed by atoms with Crippen LogP contribution in [0, 0.1) is 0 Å². The van der Waals surface area contributed by atoms with Crippen molar-refractivity contribution in [2.45, 2.75) is 13.0 Å². The van der Waals surface area contributed by atoms with Gasteiger partial charge in [-0.25, -0.2) is 0 Å². The van der Waals surface area contributed by atoms with Crippen molar-refractivity contribution in [2.24, 2.45) is 0 Å². The van der Waals surface area contributed by atoms with Gasteiger partial charge in [0, 0.05) is 36.7 Å². The molecule has 0 aromatic rings. The third-order valence-corrected chi connectivity index (χ3v) is 2.26. The lowest BCUT2D eigenvalue weighted by Crippen LogP contribution is -2.49. The Hall–Kier alpha value is 0.140. The van der Waals surface area contributed by atoms with Crippen LogP contribution in [-0.4, -0.2) is 37.1 Å². The molecule has 0 aromatic heterocycles. The summed E-state index contributed by atoms with van der Waals surface area (Å²) in [5.74, 6) is 0. The largest absolute Gasteiger partial charge is 0.314 e. The Kier molecular flexibility index (Phi) is 3.55. The summed E-state index contributed by atoms with van der Waals surface area (Å²) in [7, 11) is 0. The molecule has 1 rings (SSSR count). The molecule has 1 heterocycles. The van der Waals surface area contributed by atoms with Gasteiger partial charge in [-0.15, -0.1) is 0 Å². The second kappa shape index (κ2) is 4.24. The summed E-state index contributed by atoms with van der Waals surface area (Å²) in [5, 5.41) is 3.35. The first-order valence-corrected chi connectivity index (χ1v) is 4.77. The summed E-state index contributed by atoms with van der Waals surface area (Å²) in [6, 6.07) is 0.637. The molecule has 1 aliphatic rings. The van der Waals surface area contributed by atoms with Gasteiger partial charge in [0.25, 0.3) is 0 Å². The second-order valence-corrected chi connectivity index (χ2v) is 4.16. The lowest BCUT2D eigenvalue weighted by molar-refractivity contribution is 0.192.